The largest absolute Gasteiger partial charge is 0.416 e. The Morgan fingerprint density at radius 2 is 1.73 bits per heavy atom. The molecule has 0 atom stereocenters. The number of benzene rings is 3. The Morgan fingerprint density at radius 1 is 1.03 bits per heavy atom. The van der Waals surface area contributed by atoms with Crippen LogP contribution < -0.4 is 10.2 Å². The molecule has 0 spiro atoms. The van der Waals surface area contributed by atoms with Gasteiger partial charge in [-0.15, -0.1) is 0 Å². The highest BCUT2D eigenvalue weighted by Crippen LogP contribution is 2.42. The van der Waals surface area contributed by atoms with E-state index < -0.39 is 11.7 Å². The Labute approximate surface area is 193 Å². The molecule has 0 saturated carbocycles. The fourth-order valence-corrected chi connectivity index (χ4v) is 4.43. The molecule has 8 heteroatoms. The molecule has 2 amide bonds. The minimum absolute atomic E-state index is 0.251. The third-order valence-electron chi connectivity index (χ3n) is 5.15. The highest BCUT2D eigenvalue weighted by molar-refractivity contribution is 8.04. The van der Waals surface area contributed by atoms with E-state index in [-0.39, 0.29) is 11.8 Å². The van der Waals surface area contributed by atoms with Gasteiger partial charge in [-0.1, -0.05) is 54.2 Å². The first-order valence-electron chi connectivity index (χ1n) is 10.0. The van der Waals surface area contributed by atoms with Crippen molar-refractivity contribution in [2.75, 3.05) is 11.9 Å². The number of amides is 2. The second kappa shape index (κ2) is 9.15. The number of fused-ring (bicyclic) bond motifs is 1. The van der Waals surface area contributed by atoms with Gasteiger partial charge >= 0.3 is 6.18 Å². The van der Waals surface area contributed by atoms with Crippen molar-refractivity contribution in [2.24, 2.45) is 0 Å². The molecule has 1 aliphatic rings. The Hall–Kier alpha value is -3.52. The number of hydrogen-bond acceptors (Lipinski definition) is 3. The van der Waals surface area contributed by atoms with Crippen molar-refractivity contribution < 1.29 is 22.8 Å². The maximum absolute atomic E-state index is 12.9. The van der Waals surface area contributed by atoms with E-state index in [2.05, 4.69) is 5.32 Å². The summed E-state index contributed by atoms with van der Waals surface area (Å²) in [4.78, 5) is 28.0. The topological polar surface area (TPSA) is 49.4 Å². The fraction of sp³-hybridized carbons (Fsp3) is 0.120. The van der Waals surface area contributed by atoms with Gasteiger partial charge in [-0.05, 0) is 47.5 Å². The quantitative estimate of drug-likeness (QED) is 0.497. The lowest BCUT2D eigenvalue weighted by molar-refractivity contribution is -0.137. The van der Waals surface area contributed by atoms with Crippen molar-refractivity contribution in [3.63, 3.8) is 0 Å². The van der Waals surface area contributed by atoms with E-state index in [0.29, 0.717) is 28.3 Å². The van der Waals surface area contributed by atoms with Crippen molar-refractivity contribution >= 4 is 35.3 Å². The van der Waals surface area contributed by atoms with Gasteiger partial charge in [0, 0.05) is 24.1 Å². The number of halogens is 3. The van der Waals surface area contributed by atoms with Gasteiger partial charge in [-0.2, -0.15) is 13.2 Å². The number of rotatable bonds is 4. The normalized spacial score (nSPS) is 14.8. The van der Waals surface area contributed by atoms with Crippen LogP contribution in [0.4, 0.5) is 18.9 Å². The SMILES string of the molecule is CN1C(=O)C(=Cc2ccc(C(F)(F)F)cc2)Sc2ccc(C(=O)NCc3ccccc3)cc21. The van der Waals surface area contributed by atoms with Crippen molar-refractivity contribution in [1.29, 1.82) is 0 Å². The fourth-order valence-electron chi connectivity index (χ4n) is 3.34. The summed E-state index contributed by atoms with van der Waals surface area (Å²) in [6.07, 6.45) is -2.85. The summed E-state index contributed by atoms with van der Waals surface area (Å²) in [5, 5.41) is 2.86. The molecule has 0 unspecified atom stereocenters. The Bertz CT molecular complexity index is 1220. The lowest BCUT2D eigenvalue weighted by atomic mass is 10.1. The first-order valence-corrected chi connectivity index (χ1v) is 10.8. The van der Waals surface area contributed by atoms with Crippen LogP contribution >= 0.6 is 11.8 Å². The minimum Gasteiger partial charge on any atom is -0.348 e. The van der Waals surface area contributed by atoms with E-state index in [4.69, 9.17) is 0 Å². The molecule has 3 aromatic rings. The number of anilines is 1. The predicted octanol–water partition coefficient (Wildman–Crippen LogP) is 5.75. The molecule has 0 aromatic heterocycles. The molecule has 33 heavy (non-hydrogen) atoms. The number of nitrogens with one attached hydrogen (secondary N) is 1. The van der Waals surface area contributed by atoms with Crippen LogP contribution in [0.25, 0.3) is 6.08 Å². The third kappa shape index (κ3) is 5.12. The minimum atomic E-state index is -4.41. The molecule has 0 bridgehead atoms. The number of alkyl halides is 3. The van der Waals surface area contributed by atoms with Crippen LogP contribution in [0, 0.1) is 0 Å². The van der Waals surface area contributed by atoms with Crippen molar-refractivity contribution in [1.82, 2.24) is 5.32 Å². The number of carbonyl (C=O) groups is 2. The van der Waals surface area contributed by atoms with Crippen molar-refractivity contribution in [2.45, 2.75) is 17.6 Å². The van der Waals surface area contributed by atoms with Crippen LogP contribution in [0.1, 0.15) is 27.0 Å². The first kappa shape index (κ1) is 22.7. The summed E-state index contributed by atoms with van der Waals surface area (Å²) in [7, 11) is 1.60. The average Bonchev–Trinajstić information content (AvgIpc) is 2.81. The van der Waals surface area contributed by atoms with E-state index in [1.807, 2.05) is 30.3 Å². The first-order chi connectivity index (χ1) is 15.7. The van der Waals surface area contributed by atoms with Gasteiger partial charge in [0.05, 0.1) is 16.2 Å². The molecule has 1 aliphatic heterocycles. The maximum atomic E-state index is 12.9. The molecule has 1 heterocycles. The van der Waals surface area contributed by atoms with E-state index in [1.54, 1.807) is 31.3 Å². The summed E-state index contributed by atoms with van der Waals surface area (Å²) < 4.78 is 38.3. The number of thioether (sulfide) groups is 1. The van der Waals surface area contributed by atoms with Gasteiger partial charge in [0.15, 0.2) is 0 Å². The summed E-state index contributed by atoms with van der Waals surface area (Å²) in [5.74, 6) is -0.548. The van der Waals surface area contributed by atoms with Crippen LogP contribution in [-0.4, -0.2) is 18.9 Å². The third-order valence-corrected chi connectivity index (χ3v) is 6.23. The van der Waals surface area contributed by atoms with Gasteiger partial charge in [0.2, 0.25) is 0 Å². The number of nitrogens with zero attached hydrogens (tertiary/aromatic N) is 1. The second-order valence-electron chi connectivity index (χ2n) is 7.45. The standard InChI is InChI=1S/C25H19F3N2O2S/c1-30-20-14-18(23(31)29-15-17-5-3-2-4-6-17)9-12-21(20)33-22(24(30)32)13-16-7-10-19(11-8-16)25(26,27)28/h2-14H,15H2,1H3,(H,29,31). The molecule has 4 nitrogen and oxygen atoms in total. The van der Waals surface area contributed by atoms with Gasteiger partial charge in [0.1, 0.15) is 0 Å². The van der Waals surface area contributed by atoms with E-state index >= 15 is 0 Å². The maximum Gasteiger partial charge on any atom is 0.416 e. The molecule has 3 aromatic carbocycles. The zero-order chi connectivity index (χ0) is 23.6. The van der Waals surface area contributed by atoms with Crippen LogP contribution in [-0.2, 0) is 17.5 Å². The lowest BCUT2D eigenvalue weighted by Crippen LogP contribution is -2.31. The Morgan fingerprint density at radius 3 is 2.39 bits per heavy atom. The highest BCUT2D eigenvalue weighted by Gasteiger charge is 2.30. The number of likely N-dealkylation sites (N-methyl/N-ethyl adjacent to an activating group) is 1. The van der Waals surface area contributed by atoms with E-state index in [9.17, 15) is 22.8 Å². The average molecular weight is 469 g/mol. The lowest BCUT2D eigenvalue weighted by Gasteiger charge is -2.27. The van der Waals surface area contributed by atoms with Gasteiger partial charge in [-0.3, -0.25) is 9.59 Å². The van der Waals surface area contributed by atoms with E-state index in [0.717, 1.165) is 22.6 Å². The Kier molecular flexibility index (Phi) is 6.29. The van der Waals surface area contributed by atoms with Gasteiger partial charge in [-0.25, -0.2) is 0 Å². The molecule has 1 N–H and O–H groups in total. The zero-order valence-corrected chi connectivity index (χ0v) is 18.3. The molecule has 0 aliphatic carbocycles. The summed E-state index contributed by atoms with van der Waals surface area (Å²) >= 11 is 1.22. The van der Waals surface area contributed by atoms with Crippen LogP contribution in [0.2, 0.25) is 0 Å². The smallest absolute Gasteiger partial charge is 0.348 e. The summed E-state index contributed by atoms with van der Waals surface area (Å²) in [6.45, 7) is 0.389. The molecule has 0 radical (unpaired) electrons. The second-order valence-corrected chi connectivity index (χ2v) is 8.53. The summed E-state index contributed by atoms with van der Waals surface area (Å²) in [6, 6.07) is 19.3. The molecule has 4 rings (SSSR count). The molecule has 168 valence electrons. The Balaban J connectivity index is 1.52. The monoisotopic (exact) mass is 468 g/mol. The highest BCUT2D eigenvalue weighted by atomic mass is 32.2. The number of carbonyl (C=O) groups excluding carboxylic acids is 2. The van der Waals surface area contributed by atoms with E-state index in [1.165, 1.54) is 28.8 Å². The zero-order valence-electron chi connectivity index (χ0n) is 17.5. The van der Waals surface area contributed by atoms with Crippen LogP contribution in [0.5, 0.6) is 0 Å². The van der Waals surface area contributed by atoms with Crippen molar-refractivity contribution in [3.05, 3.63) is 100.0 Å². The molecule has 0 saturated heterocycles. The van der Waals surface area contributed by atoms with Crippen LogP contribution in [0.15, 0.2) is 82.6 Å². The predicted molar refractivity (Wildman–Crippen MR) is 123 cm³/mol. The number of hydrogen-bond donors (Lipinski definition) is 1. The molecular weight excluding hydrogens is 449 g/mol. The van der Waals surface area contributed by atoms with Gasteiger partial charge < -0.3 is 10.2 Å². The molecular formula is C25H19F3N2O2S. The van der Waals surface area contributed by atoms with Gasteiger partial charge in [0.25, 0.3) is 11.8 Å². The summed E-state index contributed by atoms with van der Waals surface area (Å²) in [5.41, 5.74) is 1.76. The van der Waals surface area contributed by atoms with Crippen molar-refractivity contribution in [3.8, 4) is 0 Å². The molecule has 0 fully saturated rings. The van der Waals surface area contributed by atoms with Crippen LogP contribution in [0.3, 0.4) is 0 Å².